The zero-order valence-electron chi connectivity index (χ0n) is 10.1. The van der Waals surface area contributed by atoms with Gasteiger partial charge in [-0.3, -0.25) is 4.79 Å². The molecular formula is C13H10ClNO3S. The van der Waals surface area contributed by atoms with Crippen LogP contribution in [0.4, 0.5) is 0 Å². The lowest BCUT2D eigenvalue weighted by Gasteiger charge is -2.02. The van der Waals surface area contributed by atoms with Gasteiger partial charge in [-0.2, -0.15) is 0 Å². The Hall–Kier alpha value is -1.72. The number of hydrogen-bond acceptors (Lipinski definition) is 5. The summed E-state index contributed by atoms with van der Waals surface area (Å²) >= 11 is 7.06. The van der Waals surface area contributed by atoms with Crippen LogP contribution in [0.3, 0.4) is 0 Å². The van der Waals surface area contributed by atoms with Crippen LogP contribution in [0.15, 0.2) is 24.3 Å². The van der Waals surface area contributed by atoms with Crippen molar-refractivity contribution in [2.45, 2.75) is 6.92 Å². The molecule has 0 saturated heterocycles. The topological polar surface area (TPSA) is 56.3 Å². The summed E-state index contributed by atoms with van der Waals surface area (Å²) in [6.45, 7) is 1.96. The van der Waals surface area contributed by atoms with Crippen LogP contribution in [0, 0.1) is 0 Å². The molecule has 2 aromatic rings. The van der Waals surface area contributed by atoms with E-state index in [1.807, 2.05) is 0 Å². The molecule has 1 aromatic carbocycles. The molecule has 0 aliphatic carbocycles. The second kappa shape index (κ2) is 5.95. The van der Waals surface area contributed by atoms with Gasteiger partial charge in [0.25, 0.3) is 0 Å². The highest BCUT2D eigenvalue weighted by Crippen LogP contribution is 2.31. The largest absolute Gasteiger partial charge is 0.461 e. The number of nitrogens with zero attached hydrogens (tertiary/aromatic N) is 1. The number of rotatable bonds is 4. The fourth-order valence-corrected chi connectivity index (χ4v) is 2.61. The normalized spacial score (nSPS) is 10.2. The molecule has 2 rings (SSSR count). The lowest BCUT2D eigenvalue weighted by molar-refractivity contribution is 0.0521. The molecule has 0 aliphatic heterocycles. The predicted molar refractivity (Wildman–Crippen MR) is 73.9 cm³/mol. The van der Waals surface area contributed by atoms with Crippen LogP contribution in [-0.2, 0) is 4.74 Å². The van der Waals surface area contributed by atoms with Crippen LogP contribution >= 0.6 is 22.9 Å². The van der Waals surface area contributed by atoms with Crippen LogP contribution in [0.5, 0.6) is 0 Å². The van der Waals surface area contributed by atoms with Gasteiger partial charge in [0, 0.05) is 5.02 Å². The summed E-state index contributed by atoms with van der Waals surface area (Å²) in [4.78, 5) is 27.2. The minimum Gasteiger partial charge on any atom is -0.461 e. The van der Waals surface area contributed by atoms with Gasteiger partial charge in [0.2, 0.25) is 0 Å². The number of hydrogen-bond donors (Lipinski definition) is 0. The van der Waals surface area contributed by atoms with Crippen LogP contribution in [-0.4, -0.2) is 23.8 Å². The highest BCUT2D eigenvalue weighted by molar-refractivity contribution is 7.17. The van der Waals surface area contributed by atoms with Crippen molar-refractivity contribution in [3.8, 4) is 10.4 Å². The fourth-order valence-electron chi connectivity index (χ4n) is 1.55. The van der Waals surface area contributed by atoms with E-state index in [1.165, 1.54) is 0 Å². The molecule has 1 aromatic heterocycles. The first-order valence-electron chi connectivity index (χ1n) is 5.54. The molecular weight excluding hydrogens is 286 g/mol. The van der Waals surface area contributed by atoms with Crippen molar-refractivity contribution in [1.82, 2.24) is 4.98 Å². The van der Waals surface area contributed by atoms with Gasteiger partial charge in [-0.05, 0) is 24.6 Å². The van der Waals surface area contributed by atoms with E-state index in [4.69, 9.17) is 16.3 Å². The molecule has 0 unspecified atom stereocenters. The average Bonchev–Trinajstić information content (AvgIpc) is 2.83. The molecule has 0 bridgehead atoms. The Labute approximate surface area is 119 Å². The number of thiazole rings is 1. The monoisotopic (exact) mass is 295 g/mol. The number of esters is 1. The van der Waals surface area contributed by atoms with Gasteiger partial charge in [-0.15, -0.1) is 11.3 Å². The Balaban J connectivity index is 2.52. The third-order valence-corrected chi connectivity index (χ3v) is 3.57. The Bertz CT molecular complexity index is 624. The van der Waals surface area contributed by atoms with E-state index < -0.39 is 5.97 Å². The standard InChI is InChI=1S/C13H10ClNO3S/c1-2-18-13(17)11-12(19-10(7-16)15-11)8-4-3-5-9(14)6-8/h3-7H,2H2,1H3. The van der Waals surface area contributed by atoms with E-state index in [0.717, 1.165) is 16.9 Å². The molecule has 0 saturated carbocycles. The van der Waals surface area contributed by atoms with Crippen molar-refractivity contribution in [2.24, 2.45) is 0 Å². The lowest BCUT2D eigenvalue weighted by Crippen LogP contribution is -2.06. The lowest BCUT2D eigenvalue weighted by atomic mass is 10.1. The van der Waals surface area contributed by atoms with Gasteiger partial charge in [0.05, 0.1) is 11.5 Å². The molecule has 0 fully saturated rings. The Morgan fingerprint density at radius 2 is 2.32 bits per heavy atom. The second-order valence-electron chi connectivity index (χ2n) is 3.58. The maximum atomic E-state index is 11.8. The van der Waals surface area contributed by atoms with Gasteiger partial charge in [0.1, 0.15) is 0 Å². The van der Waals surface area contributed by atoms with E-state index >= 15 is 0 Å². The number of benzene rings is 1. The van der Waals surface area contributed by atoms with E-state index in [9.17, 15) is 9.59 Å². The molecule has 1 heterocycles. The minimum atomic E-state index is -0.540. The summed E-state index contributed by atoms with van der Waals surface area (Å²) in [5.74, 6) is -0.540. The summed E-state index contributed by atoms with van der Waals surface area (Å²) in [6, 6.07) is 7.02. The van der Waals surface area contributed by atoms with Gasteiger partial charge in [-0.25, -0.2) is 9.78 Å². The summed E-state index contributed by atoms with van der Waals surface area (Å²) in [5, 5.41) is 0.784. The highest BCUT2D eigenvalue weighted by atomic mass is 35.5. The van der Waals surface area contributed by atoms with Crippen molar-refractivity contribution in [3.05, 3.63) is 40.0 Å². The van der Waals surface area contributed by atoms with Crippen LogP contribution in [0.1, 0.15) is 27.2 Å². The molecule has 0 aliphatic rings. The third kappa shape index (κ3) is 3.00. The highest BCUT2D eigenvalue weighted by Gasteiger charge is 2.20. The number of halogens is 1. The van der Waals surface area contributed by atoms with Crippen molar-refractivity contribution in [3.63, 3.8) is 0 Å². The number of ether oxygens (including phenoxy) is 1. The molecule has 0 amide bonds. The molecule has 0 N–H and O–H groups in total. The smallest absolute Gasteiger partial charge is 0.358 e. The minimum absolute atomic E-state index is 0.149. The number of aromatic nitrogens is 1. The van der Waals surface area contributed by atoms with E-state index in [1.54, 1.807) is 31.2 Å². The zero-order chi connectivity index (χ0) is 13.8. The first kappa shape index (κ1) is 13.7. The molecule has 19 heavy (non-hydrogen) atoms. The van der Waals surface area contributed by atoms with Crippen molar-refractivity contribution >= 4 is 35.2 Å². The van der Waals surface area contributed by atoms with Crippen LogP contribution in [0.2, 0.25) is 5.02 Å². The summed E-state index contributed by atoms with van der Waals surface area (Å²) in [7, 11) is 0. The van der Waals surface area contributed by atoms with Gasteiger partial charge < -0.3 is 4.74 Å². The first-order valence-corrected chi connectivity index (χ1v) is 6.74. The van der Waals surface area contributed by atoms with E-state index in [2.05, 4.69) is 4.98 Å². The molecule has 98 valence electrons. The number of carbonyl (C=O) groups excluding carboxylic acids is 2. The third-order valence-electron chi connectivity index (χ3n) is 2.30. The molecule has 0 radical (unpaired) electrons. The van der Waals surface area contributed by atoms with Crippen molar-refractivity contribution in [1.29, 1.82) is 0 Å². The molecule has 0 spiro atoms. The van der Waals surface area contributed by atoms with Gasteiger partial charge >= 0.3 is 5.97 Å². The van der Waals surface area contributed by atoms with Gasteiger partial charge in [0.15, 0.2) is 17.0 Å². The quantitative estimate of drug-likeness (QED) is 0.640. The van der Waals surface area contributed by atoms with Crippen LogP contribution < -0.4 is 0 Å². The average molecular weight is 296 g/mol. The molecule has 0 atom stereocenters. The SMILES string of the molecule is CCOC(=O)c1nc(C=O)sc1-c1cccc(Cl)c1. The Morgan fingerprint density at radius 3 is 2.95 bits per heavy atom. The van der Waals surface area contributed by atoms with Gasteiger partial charge in [-0.1, -0.05) is 23.7 Å². The van der Waals surface area contributed by atoms with Crippen molar-refractivity contribution < 1.29 is 14.3 Å². The van der Waals surface area contributed by atoms with Crippen LogP contribution in [0.25, 0.3) is 10.4 Å². The van der Waals surface area contributed by atoms with E-state index in [0.29, 0.717) is 16.2 Å². The molecule has 4 nitrogen and oxygen atoms in total. The number of carbonyl (C=O) groups is 2. The summed E-state index contributed by atoms with van der Waals surface area (Å²) in [6.07, 6.45) is 0.613. The summed E-state index contributed by atoms with van der Waals surface area (Å²) < 4.78 is 4.93. The Kier molecular flexibility index (Phi) is 4.29. The second-order valence-corrected chi connectivity index (χ2v) is 5.05. The maximum Gasteiger partial charge on any atom is 0.358 e. The number of aldehydes is 1. The summed E-state index contributed by atoms with van der Waals surface area (Å²) in [5.41, 5.74) is 0.886. The van der Waals surface area contributed by atoms with Crippen molar-refractivity contribution in [2.75, 3.05) is 6.61 Å². The maximum absolute atomic E-state index is 11.8. The Morgan fingerprint density at radius 1 is 1.53 bits per heavy atom. The van der Waals surface area contributed by atoms with E-state index in [-0.39, 0.29) is 17.3 Å². The first-order chi connectivity index (χ1) is 9.15. The molecule has 6 heteroatoms. The predicted octanol–water partition coefficient (Wildman–Crippen LogP) is 3.45. The zero-order valence-corrected chi connectivity index (χ0v) is 11.6. The fraction of sp³-hybridized carbons (Fsp3) is 0.154.